The summed E-state index contributed by atoms with van der Waals surface area (Å²) in [4.78, 5) is 13.0. The minimum atomic E-state index is 0. The van der Waals surface area contributed by atoms with Crippen LogP contribution in [0.15, 0.2) is 0 Å². The molecule has 0 unspecified atom stereocenters. The van der Waals surface area contributed by atoms with Crippen LogP contribution in [-0.4, -0.2) is 43.5 Å². The van der Waals surface area contributed by atoms with Crippen LogP contribution < -0.4 is 11.1 Å². The molecule has 1 rings (SSSR count). The van der Waals surface area contributed by atoms with E-state index in [1.165, 1.54) is 0 Å². The quantitative estimate of drug-likeness (QED) is 0.617. The first kappa shape index (κ1) is 11.7. The first-order valence-corrected chi connectivity index (χ1v) is 3.92. The summed E-state index contributed by atoms with van der Waals surface area (Å²) in [5.74, 6) is 0.152. The molecule has 0 aromatic rings. The van der Waals surface area contributed by atoms with E-state index >= 15 is 0 Å². The van der Waals surface area contributed by atoms with E-state index in [2.05, 4.69) is 5.32 Å². The molecule has 0 atom stereocenters. The molecule has 0 radical (unpaired) electrons. The Kier molecular flexibility index (Phi) is 5.20. The molecule has 0 aliphatic carbocycles. The van der Waals surface area contributed by atoms with Gasteiger partial charge in [0.05, 0.1) is 6.04 Å². The van der Waals surface area contributed by atoms with Gasteiger partial charge < -0.3 is 16.0 Å². The number of nitrogens with one attached hydrogen (secondary N) is 1. The Morgan fingerprint density at radius 3 is 2.58 bits per heavy atom. The summed E-state index contributed by atoms with van der Waals surface area (Å²) in [5.41, 5.74) is 5.26. The lowest BCUT2D eigenvalue weighted by molar-refractivity contribution is -0.132. The smallest absolute Gasteiger partial charge is 0.223 e. The van der Waals surface area contributed by atoms with Gasteiger partial charge in [0.15, 0.2) is 0 Å². The monoisotopic (exact) mass is 193 g/mol. The maximum absolute atomic E-state index is 11.2. The van der Waals surface area contributed by atoms with Crippen molar-refractivity contribution >= 4 is 18.3 Å². The molecule has 1 aliphatic rings. The average Bonchev–Trinajstić information content (AvgIpc) is 1.84. The van der Waals surface area contributed by atoms with Crippen molar-refractivity contribution in [3.05, 3.63) is 0 Å². The van der Waals surface area contributed by atoms with Gasteiger partial charge in [-0.15, -0.1) is 12.4 Å². The van der Waals surface area contributed by atoms with Crippen LogP contribution in [-0.2, 0) is 4.79 Å². The van der Waals surface area contributed by atoms with Gasteiger partial charge >= 0.3 is 0 Å². The van der Waals surface area contributed by atoms with Crippen LogP contribution in [0.2, 0.25) is 0 Å². The first-order valence-electron chi connectivity index (χ1n) is 3.92. The number of hydrogen-bond acceptors (Lipinski definition) is 3. The van der Waals surface area contributed by atoms with E-state index < -0.39 is 0 Å². The summed E-state index contributed by atoms with van der Waals surface area (Å²) in [6.45, 7) is 2.29. The summed E-state index contributed by atoms with van der Waals surface area (Å²) in [6.07, 6.45) is 0.465. The molecule has 1 saturated heterocycles. The van der Waals surface area contributed by atoms with Gasteiger partial charge in [-0.05, 0) is 0 Å². The Hall–Kier alpha value is -0.320. The largest absolute Gasteiger partial charge is 0.340 e. The molecule has 0 saturated carbocycles. The molecular weight excluding hydrogens is 178 g/mol. The van der Waals surface area contributed by atoms with Gasteiger partial charge in [-0.3, -0.25) is 4.79 Å². The van der Waals surface area contributed by atoms with Crippen molar-refractivity contribution in [2.45, 2.75) is 12.5 Å². The van der Waals surface area contributed by atoms with E-state index in [0.717, 1.165) is 13.1 Å². The Balaban J connectivity index is 0.00000121. The molecule has 72 valence electrons. The van der Waals surface area contributed by atoms with Crippen LogP contribution >= 0.6 is 12.4 Å². The molecule has 4 nitrogen and oxygen atoms in total. The van der Waals surface area contributed by atoms with Crippen molar-refractivity contribution in [1.29, 1.82) is 0 Å². The molecule has 0 aromatic carbocycles. The predicted molar refractivity (Wildman–Crippen MR) is 50.3 cm³/mol. The number of rotatable bonds is 3. The van der Waals surface area contributed by atoms with E-state index in [1.807, 2.05) is 7.05 Å². The zero-order valence-electron chi connectivity index (χ0n) is 7.25. The number of amides is 1. The van der Waals surface area contributed by atoms with Crippen LogP contribution in [0.4, 0.5) is 0 Å². The highest BCUT2D eigenvalue weighted by atomic mass is 35.5. The number of carbonyl (C=O) groups excluding carboxylic acids is 1. The predicted octanol–water partition coefficient (Wildman–Crippen LogP) is -0.813. The Morgan fingerprint density at radius 2 is 2.25 bits per heavy atom. The molecule has 1 heterocycles. The molecule has 0 bridgehead atoms. The minimum Gasteiger partial charge on any atom is -0.340 e. The molecule has 5 heteroatoms. The Morgan fingerprint density at radius 1 is 1.67 bits per heavy atom. The molecule has 12 heavy (non-hydrogen) atoms. The normalized spacial score (nSPS) is 16.2. The molecule has 0 spiro atoms. The summed E-state index contributed by atoms with van der Waals surface area (Å²) in [5, 5.41) is 3.11. The second-order valence-corrected chi connectivity index (χ2v) is 2.86. The van der Waals surface area contributed by atoms with Gasteiger partial charge in [0.1, 0.15) is 0 Å². The molecule has 0 aromatic heterocycles. The van der Waals surface area contributed by atoms with Gasteiger partial charge in [0.25, 0.3) is 0 Å². The molecule has 1 amide bonds. The Bertz CT molecular complexity index is 150. The average molecular weight is 194 g/mol. The van der Waals surface area contributed by atoms with Crippen molar-refractivity contribution in [1.82, 2.24) is 10.2 Å². The van der Waals surface area contributed by atoms with Gasteiger partial charge in [-0.2, -0.15) is 0 Å². The zero-order chi connectivity index (χ0) is 8.27. The SMILES string of the molecule is CN(C(=O)CCN)C1CNC1.Cl. The van der Waals surface area contributed by atoms with Crippen molar-refractivity contribution in [2.24, 2.45) is 5.73 Å². The molecular formula is C7H16ClN3O. The van der Waals surface area contributed by atoms with Crippen molar-refractivity contribution < 1.29 is 4.79 Å². The number of likely N-dealkylation sites (N-methyl/N-ethyl adjacent to an activating group) is 1. The second-order valence-electron chi connectivity index (χ2n) is 2.86. The lowest BCUT2D eigenvalue weighted by Crippen LogP contribution is -2.57. The van der Waals surface area contributed by atoms with E-state index in [4.69, 9.17) is 5.73 Å². The summed E-state index contributed by atoms with van der Waals surface area (Å²) >= 11 is 0. The molecule has 3 N–H and O–H groups in total. The van der Waals surface area contributed by atoms with E-state index in [-0.39, 0.29) is 18.3 Å². The highest BCUT2D eigenvalue weighted by Crippen LogP contribution is 2.02. The van der Waals surface area contributed by atoms with Crippen molar-refractivity contribution in [3.63, 3.8) is 0 Å². The molecule has 1 aliphatic heterocycles. The summed E-state index contributed by atoms with van der Waals surface area (Å²) in [7, 11) is 1.84. The van der Waals surface area contributed by atoms with Crippen LogP contribution in [0, 0.1) is 0 Å². The zero-order valence-corrected chi connectivity index (χ0v) is 8.06. The van der Waals surface area contributed by atoms with E-state index in [1.54, 1.807) is 4.90 Å². The number of nitrogens with zero attached hydrogens (tertiary/aromatic N) is 1. The van der Waals surface area contributed by atoms with Gasteiger partial charge in [-0.1, -0.05) is 0 Å². The van der Waals surface area contributed by atoms with Crippen LogP contribution in [0.3, 0.4) is 0 Å². The fourth-order valence-corrected chi connectivity index (χ4v) is 1.05. The maximum Gasteiger partial charge on any atom is 0.223 e. The third-order valence-electron chi connectivity index (χ3n) is 2.06. The third-order valence-corrected chi connectivity index (χ3v) is 2.06. The van der Waals surface area contributed by atoms with Crippen molar-refractivity contribution in [2.75, 3.05) is 26.7 Å². The fraction of sp³-hybridized carbons (Fsp3) is 0.857. The highest BCUT2D eigenvalue weighted by molar-refractivity contribution is 5.85. The topological polar surface area (TPSA) is 58.4 Å². The number of halogens is 1. The summed E-state index contributed by atoms with van der Waals surface area (Å²) in [6, 6.07) is 0.397. The van der Waals surface area contributed by atoms with Crippen LogP contribution in [0.5, 0.6) is 0 Å². The highest BCUT2D eigenvalue weighted by Gasteiger charge is 2.24. The van der Waals surface area contributed by atoms with E-state index in [0.29, 0.717) is 19.0 Å². The summed E-state index contributed by atoms with van der Waals surface area (Å²) < 4.78 is 0. The van der Waals surface area contributed by atoms with Crippen LogP contribution in [0.25, 0.3) is 0 Å². The second kappa shape index (κ2) is 5.35. The molecule has 1 fully saturated rings. The number of carbonyl (C=O) groups is 1. The Labute approximate surface area is 78.9 Å². The van der Waals surface area contributed by atoms with Crippen molar-refractivity contribution in [3.8, 4) is 0 Å². The van der Waals surface area contributed by atoms with Gasteiger partial charge in [0.2, 0.25) is 5.91 Å². The third kappa shape index (κ3) is 2.62. The first-order chi connectivity index (χ1) is 5.25. The standard InChI is InChI=1S/C7H15N3O.ClH/c1-10(6-4-9-5-6)7(11)2-3-8;/h6,9H,2-5,8H2,1H3;1H. The minimum absolute atomic E-state index is 0. The number of hydrogen-bond donors (Lipinski definition) is 2. The fourth-order valence-electron chi connectivity index (χ4n) is 1.05. The number of nitrogens with two attached hydrogens (primary N) is 1. The van der Waals surface area contributed by atoms with E-state index in [9.17, 15) is 4.79 Å². The van der Waals surface area contributed by atoms with Gasteiger partial charge in [0, 0.05) is 33.1 Å². The lowest BCUT2D eigenvalue weighted by Gasteiger charge is -2.35. The lowest BCUT2D eigenvalue weighted by atomic mass is 10.1. The van der Waals surface area contributed by atoms with Gasteiger partial charge in [-0.25, -0.2) is 0 Å². The maximum atomic E-state index is 11.2. The van der Waals surface area contributed by atoms with Crippen LogP contribution in [0.1, 0.15) is 6.42 Å².